The van der Waals surface area contributed by atoms with E-state index in [-0.39, 0.29) is 5.82 Å². The van der Waals surface area contributed by atoms with E-state index in [1.807, 2.05) is 31.2 Å². The van der Waals surface area contributed by atoms with Crippen LogP contribution in [0.15, 0.2) is 34.9 Å². The Morgan fingerprint density at radius 3 is 2.57 bits per heavy atom. The first-order valence-electron chi connectivity index (χ1n) is 6.33. The number of hydrogen-bond donors (Lipinski definition) is 0. The van der Waals surface area contributed by atoms with Gasteiger partial charge in [0.25, 0.3) is 0 Å². The van der Waals surface area contributed by atoms with Crippen LogP contribution in [0.25, 0.3) is 0 Å². The largest absolute Gasteiger partial charge is 0.490 e. The molecule has 0 saturated carbocycles. The second-order valence-corrected chi connectivity index (χ2v) is 4.90. The molecule has 0 N–H and O–H groups in total. The highest BCUT2D eigenvalue weighted by Crippen LogP contribution is 2.26. The Morgan fingerprint density at radius 1 is 1.33 bits per heavy atom. The van der Waals surface area contributed by atoms with Crippen molar-refractivity contribution in [3.63, 3.8) is 0 Å². The summed E-state index contributed by atoms with van der Waals surface area (Å²) in [6, 6.07) is 7.36. The van der Waals surface area contributed by atoms with Gasteiger partial charge in [-0.15, -0.1) is 0 Å². The summed E-state index contributed by atoms with van der Waals surface area (Å²) in [5, 5.41) is 14.6. The van der Waals surface area contributed by atoms with Gasteiger partial charge in [-0.2, -0.15) is 4.68 Å². The second kappa shape index (κ2) is 7.07. The van der Waals surface area contributed by atoms with Crippen LogP contribution in [-0.2, 0) is 6.54 Å². The predicted molar refractivity (Wildman–Crippen MR) is 79.7 cm³/mol. The zero-order chi connectivity index (χ0) is 15.2. The highest BCUT2D eigenvalue weighted by atomic mass is 79.9. The molecule has 0 amide bonds. The number of aromatic nitrogens is 2. The molecule has 112 valence electrons. The molecule has 0 saturated heterocycles. The van der Waals surface area contributed by atoms with E-state index in [0.717, 1.165) is 0 Å². The molecule has 0 aliphatic heterocycles. The van der Waals surface area contributed by atoms with Gasteiger partial charge in [-0.3, -0.25) is 0 Å². The number of halogens is 1. The fourth-order valence-corrected chi connectivity index (χ4v) is 2.18. The van der Waals surface area contributed by atoms with Gasteiger partial charge in [0.2, 0.25) is 0 Å². The Labute approximate surface area is 129 Å². The average Bonchev–Trinajstić information content (AvgIpc) is 2.82. The van der Waals surface area contributed by atoms with Gasteiger partial charge in [0.15, 0.2) is 11.5 Å². The molecule has 2 aromatic rings. The molecule has 0 spiro atoms. The molecular formula is C13H14BrN3O4. The van der Waals surface area contributed by atoms with Gasteiger partial charge in [-0.05, 0) is 39.9 Å². The molecule has 1 aromatic heterocycles. The van der Waals surface area contributed by atoms with Crippen LogP contribution in [0.3, 0.4) is 0 Å². The molecule has 21 heavy (non-hydrogen) atoms. The van der Waals surface area contributed by atoms with Gasteiger partial charge in [-0.25, -0.2) is 0 Å². The molecular weight excluding hydrogens is 342 g/mol. The van der Waals surface area contributed by atoms with Crippen molar-refractivity contribution in [1.82, 2.24) is 9.78 Å². The Hall–Kier alpha value is -2.09. The van der Waals surface area contributed by atoms with E-state index in [1.54, 1.807) is 6.20 Å². The van der Waals surface area contributed by atoms with Crippen LogP contribution in [-0.4, -0.2) is 27.9 Å². The fourth-order valence-electron chi connectivity index (χ4n) is 1.72. The Balaban J connectivity index is 1.95. The van der Waals surface area contributed by atoms with Crippen LogP contribution in [0.1, 0.15) is 6.92 Å². The summed E-state index contributed by atoms with van der Waals surface area (Å²) in [5.74, 6) is 1.11. The molecule has 0 aliphatic carbocycles. The molecule has 1 heterocycles. The summed E-state index contributed by atoms with van der Waals surface area (Å²) in [4.78, 5) is 10.2. The molecule has 0 aliphatic rings. The van der Waals surface area contributed by atoms with Gasteiger partial charge in [0, 0.05) is 0 Å². The topological polar surface area (TPSA) is 79.4 Å². The van der Waals surface area contributed by atoms with Gasteiger partial charge < -0.3 is 19.6 Å². The van der Waals surface area contributed by atoms with E-state index in [4.69, 9.17) is 9.47 Å². The third-order valence-electron chi connectivity index (χ3n) is 2.60. The number of ether oxygens (including phenoxy) is 2. The lowest BCUT2D eigenvalue weighted by atomic mass is 10.3. The van der Waals surface area contributed by atoms with E-state index in [0.29, 0.717) is 35.7 Å². The molecule has 0 bridgehead atoms. The monoisotopic (exact) mass is 355 g/mol. The SMILES string of the molecule is CCOc1ccccc1OCCn1cc(Br)c([N+](=O)[O-])n1. The fraction of sp³-hybridized carbons (Fsp3) is 0.308. The Bertz CT molecular complexity index is 630. The number of para-hydroxylation sites is 2. The van der Waals surface area contributed by atoms with Crippen LogP contribution in [0.4, 0.5) is 5.82 Å². The van der Waals surface area contributed by atoms with Crippen molar-refractivity contribution < 1.29 is 14.4 Å². The summed E-state index contributed by atoms with van der Waals surface area (Å²) in [5.41, 5.74) is 0. The van der Waals surface area contributed by atoms with Crippen molar-refractivity contribution in [3.05, 3.63) is 45.0 Å². The first-order chi connectivity index (χ1) is 10.1. The molecule has 0 atom stereocenters. The second-order valence-electron chi connectivity index (χ2n) is 4.05. The first-order valence-corrected chi connectivity index (χ1v) is 7.13. The average molecular weight is 356 g/mol. The van der Waals surface area contributed by atoms with Crippen molar-refractivity contribution in [2.45, 2.75) is 13.5 Å². The number of nitro groups is 1. The quantitative estimate of drug-likeness (QED) is 0.563. The zero-order valence-corrected chi connectivity index (χ0v) is 12.9. The number of hydrogen-bond acceptors (Lipinski definition) is 5. The maximum absolute atomic E-state index is 10.7. The molecule has 0 unspecified atom stereocenters. The maximum atomic E-state index is 10.7. The van der Waals surface area contributed by atoms with E-state index >= 15 is 0 Å². The van der Waals surface area contributed by atoms with Crippen LogP contribution in [0.5, 0.6) is 11.5 Å². The molecule has 1 aromatic carbocycles. The lowest BCUT2D eigenvalue weighted by Gasteiger charge is -2.10. The summed E-state index contributed by atoms with van der Waals surface area (Å²) in [7, 11) is 0. The number of rotatable bonds is 7. The van der Waals surface area contributed by atoms with Crippen LogP contribution >= 0.6 is 15.9 Å². The Morgan fingerprint density at radius 2 is 2.00 bits per heavy atom. The highest BCUT2D eigenvalue weighted by molar-refractivity contribution is 9.10. The highest BCUT2D eigenvalue weighted by Gasteiger charge is 2.18. The number of benzene rings is 1. The lowest BCUT2D eigenvalue weighted by Crippen LogP contribution is -2.09. The van der Waals surface area contributed by atoms with Gasteiger partial charge in [-0.1, -0.05) is 12.1 Å². The van der Waals surface area contributed by atoms with Crippen molar-refractivity contribution in [1.29, 1.82) is 0 Å². The minimum absolute atomic E-state index is 0.204. The van der Waals surface area contributed by atoms with Gasteiger partial charge in [0.1, 0.15) is 11.1 Å². The summed E-state index contributed by atoms with van der Waals surface area (Å²) in [6.45, 7) is 3.18. The van der Waals surface area contributed by atoms with E-state index in [1.165, 1.54) is 4.68 Å². The molecule has 2 rings (SSSR count). The predicted octanol–water partition coefficient (Wildman–Crippen LogP) is 3.03. The smallest absolute Gasteiger partial charge is 0.404 e. The van der Waals surface area contributed by atoms with Crippen molar-refractivity contribution in [2.24, 2.45) is 0 Å². The van der Waals surface area contributed by atoms with Gasteiger partial charge in [0.05, 0.1) is 24.4 Å². The van der Waals surface area contributed by atoms with Crippen LogP contribution in [0.2, 0.25) is 0 Å². The molecule has 0 fully saturated rings. The van der Waals surface area contributed by atoms with E-state index in [9.17, 15) is 10.1 Å². The summed E-state index contributed by atoms with van der Waals surface area (Å²) in [6.07, 6.45) is 1.55. The van der Waals surface area contributed by atoms with Gasteiger partial charge >= 0.3 is 5.82 Å². The standard InChI is InChI=1S/C13H14BrN3O4/c1-2-20-11-5-3-4-6-12(11)21-8-7-16-9-10(14)13(15-16)17(18)19/h3-6,9H,2,7-8H2,1H3. The maximum Gasteiger partial charge on any atom is 0.404 e. The molecule has 8 heteroatoms. The Kier molecular flexibility index (Phi) is 5.15. The number of nitrogens with zero attached hydrogens (tertiary/aromatic N) is 3. The third-order valence-corrected chi connectivity index (χ3v) is 3.16. The molecule has 7 nitrogen and oxygen atoms in total. The third kappa shape index (κ3) is 3.94. The summed E-state index contributed by atoms with van der Waals surface area (Å²) >= 11 is 3.10. The summed E-state index contributed by atoms with van der Waals surface area (Å²) < 4.78 is 12.9. The van der Waals surface area contributed by atoms with Crippen molar-refractivity contribution >= 4 is 21.7 Å². The minimum Gasteiger partial charge on any atom is -0.490 e. The zero-order valence-electron chi connectivity index (χ0n) is 11.4. The van der Waals surface area contributed by atoms with Crippen LogP contribution < -0.4 is 9.47 Å². The minimum atomic E-state index is -0.536. The van der Waals surface area contributed by atoms with Crippen LogP contribution in [0, 0.1) is 10.1 Å². The van der Waals surface area contributed by atoms with Crippen molar-refractivity contribution in [3.8, 4) is 11.5 Å². The van der Waals surface area contributed by atoms with E-state index in [2.05, 4.69) is 21.0 Å². The van der Waals surface area contributed by atoms with Crippen molar-refractivity contribution in [2.75, 3.05) is 13.2 Å². The van der Waals surface area contributed by atoms with E-state index < -0.39 is 4.92 Å². The first kappa shape index (κ1) is 15.3. The molecule has 0 radical (unpaired) electrons. The normalized spacial score (nSPS) is 10.4. The lowest BCUT2D eigenvalue weighted by molar-refractivity contribution is -0.390.